The van der Waals surface area contributed by atoms with Crippen molar-refractivity contribution in [2.75, 3.05) is 7.11 Å². The molecule has 170 valence electrons. The maximum Gasteiger partial charge on any atom is 0.422 e. The Morgan fingerprint density at radius 3 is 2.47 bits per heavy atom. The third-order valence-electron chi connectivity index (χ3n) is 5.26. The number of pyridine rings is 1. The van der Waals surface area contributed by atoms with Crippen molar-refractivity contribution in [1.82, 2.24) is 4.98 Å². The molecule has 1 unspecified atom stereocenters. The van der Waals surface area contributed by atoms with Crippen LogP contribution in [0.1, 0.15) is 25.8 Å². The van der Waals surface area contributed by atoms with Gasteiger partial charge in [0.05, 0.1) is 23.3 Å². The summed E-state index contributed by atoms with van der Waals surface area (Å²) < 4.78 is 47.4. The van der Waals surface area contributed by atoms with E-state index in [4.69, 9.17) is 16.3 Å². The summed E-state index contributed by atoms with van der Waals surface area (Å²) in [6.45, 7) is 3.13. The van der Waals surface area contributed by atoms with Crippen LogP contribution in [0.4, 0.5) is 18.9 Å². The molecule has 3 aromatic rings. The number of hydrogen-bond donors (Lipinski definition) is 2. The minimum atomic E-state index is -5.00. The number of aliphatic hydroxyl groups is 1. The topological polar surface area (TPSA) is 74.7 Å². The summed E-state index contributed by atoms with van der Waals surface area (Å²) >= 11 is 6.14. The number of alkyl halides is 3. The number of para-hydroxylation sites is 1. The Bertz CT molecular complexity index is 1220. The lowest BCUT2D eigenvalue weighted by Crippen LogP contribution is -2.50. The average molecular weight is 467 g/mol. The van der Waals surface area contributed by atoms with Crippen molar-refractivity contribution in [1.29, 1.82) is 0 Å². The maximum absolute atomic E-state index is 14.0. The van der Waals surface area contributed by atoms with Crippen LogP contribution in [0.5, 0.6) is 5.75 Å². The molecule has 0 fully saturated rings. The number of nitrogens with zero attached hydrogens (tertiary/aromatic N) is 1. The van der Waals surface area contributed by atoms with E-state index < -0.39 is 23.6 Å². The molecular formula is C23H22ClF3N2O3. The highest BCUT2D eigenvalue weighted by molar-refractivity contribution is 6.32. The van der Waals surface area contributed by atoms with Crippen molar-refractivity contribution >= 4 is 34.4 Å². The lowest BCUT2D eigenvalue weighted by molar-refractivity contribution is -0.234. The summed E-state index contributed by atoms with van der Waals surface area (Å²) in [5, 5.41) is 11.5. The van der Waals surface area contributed by atoms with Crippen LogP contribution in [0.15, 0.2) is 58.3 Å². The molecule has 0 aliphatic heterocycles. The van der Waals surface area contributed by atoms with Crippen LogP contribution in [0.25, 0.3) is 10.9 Å². The van der Waals surface area contributed by atoms with Crippen LogP contribution in [0.3, 0.4) is 0 Å². The Morgan fingerprint density at radius 1 is 1.12 bits per heavy atom. The molecule has 5 nitrogen and oxygen atoms in total. The lowest BCUT2D eigenvalue weighted by atomic mass is 9.75. The number of fused-ring (bicyclic) bond motifs is 1. The second-order valence-corrected chi connectivity index (χ2v) is 8.53. The van der Waals surface area contributed by atoms with E-state index in [1.54, 1.807) is 44.2 Å². The Morgan fingerprint density at radius 2 is 1.81 bits per heavy atom. The number of halogens is 4. The highest BCUT2D eigenvalue weighted by Crippen LogP contribution is 2.44. The third-order valence-corrected chi connectivity index (χ3v) is 5.56. The summed E-state index contributed by atoms with van der Waals surface area (Å²) in [6, 6.07) is 12.2. The number of nitrogens with one attached hydrogen (secondary N) is 1. The molecule has 32 heavy (non-hydrogen) atoms. The van der Waals surface area contributed by atoms with Gasteiger partial charge in [-0.25, -0.2) is 0 Å². The van der Waals surface area contributed by atoms with Crippen molar-refractivity contribution in [3.8, 4) is 5.75 Å². The maximum atomic E-state index is 14.0. The van der Waals surface area contributed by atoms with Gasteiger partial charge in [0.2, 0.25) is 5.56 Å². The van der Waals surface area contributed by atoms with Crippen molar-refractivity contribution < 1.29 is 23.0 Å². The molecular weight excluding hydrogens is 445 g/mol. The SMILES string of the molecule is COc1c(Cl)cccc1C(C)(C)CC(O)(/C=N/c1cccc2[nH]c(=O)ccc12)C(F)(F)F. The van der Waals surface area contributed by atoms with Crippen LogP contribution in [-0.2, 0) is 5.41 Å². The van der Waals surface area contributed by atoms with E-state index in [9.17, 15) is 23.1 Å². The second kappa shape index (κ2) is 8.60. The van der Waals surface area contributed by atoms with Gasteiger partial charge in [-0.3, -0.25) is 9.79 Å². The smallest absolute Gasteiger partial charge is 0.422 e. The average Bonchev–Trinajstić information content (AvgIpc) is 2.70. The zero-order chi connectivity index (χ0) is 23.7. The second-order valence-electron chi connectivity index (χ2n) is 8.12. The van der Waals surface area contributed by atoms with Crippen LogP contribution in [-0.4, -0.2) is 35.2 Å². The molecule has 0 saturated carbocycles. The molecule has 0 aliphatic carbocycles. The first kappa shape index (κ1) is 23.8. The number of rotatable bonds is 6. The fraction of sp³-hybridized carbons (Fsp3) is 0.304. The molecule has 2 N–H and O–H groups in total. The molecule has 1 atom stereocenters. The van der Waals surface area contributed by atoms with E-state index in [1.165, 1.54) is 25.3 Å². The zero-order valence-electron chi connectivity index (χ0n) is 17.6. The monoisotopic (exact) mass is 466 g/mol. The zero-order valence-corrected chi connectivity index (χ0v) is 18.4. The number of H-pyrrole nitrogens is 1. The van der Waals surface area contributed by atoms with E-state index in [0.717, 1.165) is 0 Å². The van der Waals surface area contributed by atoms with Crippen molar-refractivity contribution in [3.63, 3.8) is 0 Å². The van der Waals surface area contributed by atoms with Gasteiger partial charge in [0, 0.05) is 23.2 Å². The van der Waals surface area contributed by atoms with Gasteiger partial charge in [0.1, 0.15) is 5.75 Å². The summed E-state index contributed by atoms with van der Waals surface area (Å²) in [5.74, 6) is 0.249. The number of benzene rings is 2. The molecule has 1 aromatic heterocycles. The summed E-state index contributed by atoms with van der Waals surface area (Å²) in [5.41, 5.74) is -3.75. The molecule has 2 aromatic carbocycles. The number of aromatic amines is 1. The van der Waals surface area contributed by atoms with Gasteiger partial charge in [-0.05, 0) is 36.1 Å². The molecule has 9 heteroatoms. The van der Waals surface area contributed by atoms with E-state index in [0.29, 0.717) is 22.7 Å². The molecule has 0 aliphatic rings. The summed E-state index contributed by atoms with van der Waals surface area (Å²) in [6.07, 6.45) is -5.23. The number of aliphatic imine (C=N–C) groups is 1. The highest BCUT2D eigenvalue weighted by atomic mass is 35.5. The normalized spacial score (nSPS) is 14.6. The van der Waals surface area contributed by atoms with Gasteiger partial charge in [-0.15, -0.1) is 0 Å². The van der Waals surface area contributed by atoms with Crippen LogP contribution in [0.2, 0.25) is 5.02 Å². The van der Waals surface area contributed by atoms with Crippen LogP contribution < -0.4 is 10.3 Å². The lowest BCUT2D eigenvalue weighted by Gasteiger charge is -2.36. The van der Waals surface area contributed by atoms with E-state index in [-0.39, 0.29) is 22.0 Å². The Hall–Kier alpha value is -2.84. The number of methoxy groups -OCH3 is 1. The molecule has 0 spiro atoms. The fourth-order valence-corrected chi connectivity index (χ4v) is 3.95. The third kappa shape index (κ3) is 4.66. The minimum absolute atomic E-state index is 0.180. The molecule has 0 amide bonds. The molecule has 1 heterocycles. The molecule has 0 bridgehead atoms. The predicted octanol–water partition coefficient (Wildman–Crippen LogP) is 5.55. The quantitative estimate of drug-likeness (QED) is 0.467. The van der Waals surface area contributed by atoms with Gasteiger partial charge >= 0.3 is 6.18 Å². The van der Waals surface area contributed by atoms with Crippen molar-refractivity contribution in [3.05, 3.63) is 69.5 Å². The number of aromatic nitrogens is 1. The largest absolute Gasteiger partial charge is 0.495 e. The molecule has 0 saturated heterocycles. The Labute approximate surface area is 187 Å². The highest BCUT2D eigenvalue weighted by Gasteiger charge is 2.55. The van der Waals surface area contributed by atoms with Crippen LogP contribution >= 0.6 is 11.6 Å². The first-order chi connectivity index (χ1) is 14.9. The minimum Gasteiger partial charge on any atom is -0.495 e. The van der Waals surface area contributed by atoms with Gasteiger partial charge in [-0.2, -0.15) is 13.2 Å². The molecule has 0 radical (unpaired) electrons. The predicted molar refractivity (Wildman–Crippen MR) is 119 cm³/mol. The summed E-state index contributed by atoms with van der Waals surface area (Å²) in [4.78, 5) is 18.1. The van der Waals surface area contributed by atoms with Gasteiger partial charge in [0.15, 0.2) is 5.60 Å². The Balaban J connectivity index is 2.05. The Kier molecular flexibility index (Phi) is 6.40. The van der Waals surface area contributed by atoms with E-state index in [2.05, 4.69) is 9.98 Å². The van der Waals surface area contributed by atoms with Gasteiger partial charge < -0.3 is 14.8 Å². The first-order valence-corrected chi connectivity index (χ1v) is 10.1. The first-order valence-electron chi connectivity index (χ1n) is 9.67. The van der Waals surface area contributed by atoms with Gasteiger partial charge in [-0.1, -0.05) is 43.6 Å². The summed E-state index contributed by atoms with van der Waals surface area (Å²) in [7, 11) is 1.38. The van der Waals surface area contributed by atoms with Crippen LogP contribution in [0, 0.1) is 0 Å². The van der Waals surface area contributed by atoms with Crippen molar-refractivity contribution in [2.45, 2.75) is 37.5 Å². The standard InChI is InChI=1S/C23H22ClF3N2O3/c1-21(2,15-6-4-7-16(24)20(15)32-3)12-22(31,23(25,26)27)13-28-17-8-5-9-18-14(17)10-11-19(30)29-18/h4-11,13,31H,12H2,1-3H3,(H,29,30)/b28-13+. The fourth-order valence-electron chi connectivity index (χ4n) is 3.70. The van der Waals surface area contributed by atoms with E-state index >= 15 is 0 Å². The van der Waals surface area contributed by atoms with E-state index in [1.807, 2.05) is 0 Å². The number of ether oxygens (including phenoxy) is 1. The van der Waals surface area contributed by atoms with Crippen molar-refractivity contribution in [2.24, 2.45) is 4.99 Å². The number of hydrogen-bond acceptors (Lipinski definition) is 4. The van der Waals surface area contributed by atoms with Gasteiger partial charge in [0.25, 0.3) is 0 Å². The molecule has 3 rings (SSSR count).